The van der Waals surface area contributed by atoms with Gasteiger partial charge in [-0.2, -0.15) is 0 Å². The number of alkyl carbamates (subject to hydrolysis) is 1. The summed E-state index contributed by atoms with van der Waals surface area (Å²) >= 11 is 0. The Morgan fingerprint density at radius 1 is 1.18 bits per heavy atom. The van der Waals surface area contributed by atoms with E-state index in [1.54, 1.807) is 20.2 Å². The van der Waals surface area contributed by atoms with Gasteiger partial charge in [0.1, 0.15) is 5.60 Å². The summed E-state index contributed by atoms with van der Waals surface area (Å²) in [7, 11) is 3.29. The van der Waals surface area contributed by atoms with Crippen molar-refractivity contribution in [2.45, 2.75) is 65.1 Å². The van der Waals surface area contributed by atoms with Crippen molar-refractivity contribution < 1.29 is 14.3 Å². The highest BCUT2D eigenvalue weighted by Crippen LogP contribution is 2.16. The molecular formula is C20H35N5O3. The van der Waals surface area contributed by atoms with Crippen molar-refractivity contribution in [3.8, 4) is 5.88 Å². The van der Waals surface area contributed by atoms with E-state index in [0.29, 0.717) is 24.9 Å². The van der Waals surface area contributed by atoms with Crippen molar-refractivity contribution >= 4 is 12.1 Å². The lowest BCUT2D eigenvalue weighted by Crippen LogP contribution is -2.57. The van der Waals surface area contributed by atoms with Gasteiger partial charge >= 0.3 is 6.09 Å². The van der Waals surface area contributed by atoms with Crippen molar-refractivity contribution in [3.05, 3.63) is 23.9 Å². The number of carbonyl (C=O) groups excluding carboxylic acids is 1. The molecule has 0 spiro atoms. The second kappa shape index (κ2) is 10.7. The van der Waals surface area contributed by atoms with Crippen LogP contribution in [0, 0.1) is 0 Å². The molecule has 0 bridgehead atoms. The SMILES string of the molecule is CCC(CC)(CNC(=NC)NCc1cccc(OC)n1)NC(=O)OC(C)(C)C. The minimum atomic E-state index is -0.536. The fourth-order valence-electron chi connectivity index (χ4n) is 2.56. The number of ether oxygens (including phenoxy) is 2. The Balaban J connectivity index is 2.67. The number of pyridine rings is 1. The van der Waals surface area contributed by atoms with Crippen molar-refractivity contribution in [2.75, 3.05) is 20.7 Å². The number of nitrogens with one attached hydrogen (secondary N) is 3. The maximum absolute atomic E-state index is 12.3. The van der Waals surface area contributed by atoms with Crippen molar-refractivity contribution in [1.82, 2.24) is 20.9 Å². The molecule has 0 radical (unpaired) electrons. The third-order valence-corrected chi connectivity index (χ3v) is 4.36. The summed E-state index contributed by atoms with van der Waals surface area (Å²) in [5.41, 5.74) is -0.133. The van der Waals surface area contributed by atoms with E-state index in [9.17, 15) is 4.79 Å². The van der Waals surface area contributed by atoms with E-state index < -0.39 is 17.2 Å². The predicted molar refractivity (Wildman–Crippen MR) is 112 cm³/mol. The number of rotatable bonds is 8. The van der Waals surface area contributed by atoms with Gasteiger partial charge in [0.2, 0.25) is 5.88 Å². The number of hydrogen-bond donors (Lipinski definition) is 3. The fraction of sp³-hybridized carbons (Fsp3) is 0.650. The van der Waals surface area contributed by atoms with E-state index in [1.807, 2.05) is 46.8 Å². The quantitative estimate of drug-likeness (QED) is 0.464. The number of methoxy groups -OCH3 is 1. The highest BCUT2D eigenvalue weighted by Gasteiger charge is 2.30. The molecule has 8 nitrogen and oxygen atoms in total. The second-order valence-corrected chi connectivity index (χ2v) is 7.56. The number of aromatic nitrogens is 1. The highest BCUT2D eigenvalue weighted by atomic mass is 16.6. The average molecular weight is 394 g/mol. The summed E-state index contributed by atoms with van der Waals surface area (Å²) in [4.78, 5) is 20.9. The lowest BCUT2D eigenvalue weighted by atomic mass is 9.93. The zero-order chi connectivity index (χ0) is 21.2. The van der Waals surface area contributed by atoms with Gasteiger partial charge in [-0.05, 0) is 39.7 Å². The Kier molecular flexibility index (Phi) is 9.02. The molecule has 1 heterocycles. The molecule has 0 aromatic carbocycles. The van der Waals surface area contributed by atoms with Crippen molar-refractivity contribution in [3.63, 3.8) is 0 Å². The molecular weight excluding hydrogens is 358 g/mol. The lowest BCUT2D eigenvalue weighted by molar-refractivity contribution is 0.0448. The van der Waals surface area contributed by atoms with E-state index >= 15 is 0 Å². The number of hydrogen-bond acceptors (Lipinski definition) is 5. The molecule has 0 fully saturated rings. The first-order chi connectivity index (χ1) is 13.2. The Bertz CT molecular complexity index is 651. The van der Waals surface area contributed by atoms with Gasteiger partial charge in [-0.25, -0.2) is 9.78 Å². The molecule has 0 atom stereocenters. The maximum Gasteiger partial charge on any atom is 0.408 e. The van der Waals surface area contributed by atoms with Crippen LogP contribution in [0.15, 0.2) is 23.2 Å². The van der Waals surface area contributed by atoms with Crippen LogP contribution in [-0.4, -0.2) is 48.9 Å². The number of carbonyl (C=O) groups is 1. The molecule has 1 amide bonds. The highest BCUT2D eigenvalue weighted by molar-refractivity contribution is 5.79. The number of nitrogens with zero attached hydrogens (tertiary/aromatic N) is 2. The summed E-state index contributed by atoms with van der Waals surface area (Å²) in [6.45, 7) is 10.7. The van der Waals surface area contributed by atoms with Crippen LogP contribution in [0.4, 0.5) is 4.79 Å². The molecule has 0 aliphatic heterocycles. The first-order valence-electron chi connectivity index (χ1n) is 9.62. The van der Waals surface area contributed by atoms with Gasteiger partial charge in [-0.15, -0.1) is 0 Å². The topological polar surface area (TPSA) is 96.9 Å². The number of guanidine groups is 1. The van der Waals surface area contributed by atoms with Gasteiger partial charge in [0.25, 0.3) is 0 Å². The molecule has 0 aliphatic rings. The molecule has 1 rings (SSSR count). The van der Waals surface area contributed by atoms with E-state index in [2.05, 4.69) is 25.9 Å². The average Bonchev–Trinajstić information content (AvgIpc) is 2.65. The Labute approximate surface area is 168 Å². The van der Waals surface area contributed by atoms with Crippen LogP contribution in [0.5, 0.6) is 5.88 Å². The Morgan fingerprint density at radius 2 is 1.86 bits per heavy atom. The predicted octanol–water partition coefficient (Wildman–Crippen LogP) is 2.84. The largest absolute Gasteiger partial charge is 0.481 e. The molecule has 0 aliphatic carbocycles. The van der Waals surface area contributed by atoms with Gasteiger partial charge in [-0.3, -0.25) is 4.99 Å². The Morgan fingerprint density at radius 3 is 2.39 bits per heavy atom. The molecule has 1 aromatic rings. The minimum absolute atomic E-state index is 0.415. The summed E-state index contributed by atoms with van der Waals surface area (Å²) in [5, 5.41) is 9.53. The Hall–Kier alpha value is -2.51. The van der Waals surface area contributed by atoms with E-state index in [0.717, 1.165) is 18.5 Å². The van der Waals surface area contributed by atoms with Crippen LogP contribution in [0.2, 0.25) is 0 Å². The third kappa shape index (κ3) is 8.02. The van der Waals surface area contributed by atoms with E-state index in [-0.39, 0.29) is 0 Å². The summed E-state index contributed by atoms with van der Waals surface area (Å²) in [6.07, 6.45) is 1.09. The molecule has 28 heavy (non-hydrogen) atoms. The number of aliphatic imine (C=N–C) groups is 1. The zero-order valence-electron chi connectivity index (χ0n) is 18.2. The summed E-state index contributed by atoms with van der Waals surface area (Å²) < 4.78 is 10.6. The first-order valence-corrected chi connectivity index (χ1v) is 9.62. The molecule has 0 unspecified atom stereocenters. The van der Waals surface area contributed by atoms with Gasteiger partial charge in [0.15, 0.2) is 5.96 Å². The molecule has 8 heteroatoms. The molecule has 1 aromatic heterocycles. The van der Waals surface area contributed by atoms with Crippen LogP contribution < -0.4 is 20.7 Å². The third-order valence-electron chi connectivity index (χ3n) is 4.36. The van der Waals surface area contributed by atoms with E-state index in [1.165, 1.54) is 0 Å². The van der Waals surface area contributed by atoms with Crippen molar-refractivity contribution in [2.24, 2.45) is 4.99 Å². The number of amides is 1. The maximum atomic E-state index is 12.3. The smallest absolute Gasteiger partial charge is 0.408 e. The summed E-state index contributed by atoms with van der Waals surface area (Å²) in [6, 6.07) is 5.61. The summed E-state index contributed by atoms with van der Waals surface area (Å²) in [5.74, 6) is 1.20. The standard InChI is InChI=1S/C20H35N5O3/c1-8-20(9-2,25-18(26)28-19(3,4)5)14-23-17(21-6)22-13-15-11-10-12-16(24-15)27-7/h10-12H,8-9,13-14H2,1-7H3,(H,25,26)(H2,21,22,23). The van der Waals surface area contributed by atoms with Crippen LogP contribution in [0.3, 0.4) is 0 Å². The van der Waals surface area contributed by atoms with Crippen molar-refractivity contribution in [1.29, 1.82) is 0 Å². The van der Waals surface area contributed by atoms with E-state index in [4.69, 9.17) is 9.47 Å². The monoisotopic (exact) mass is 393 g/mol. The second-order valence-electron chi connectivity index (χ2n) is 7.56. The van der Waals surface area contributed by atoms with Gasteiger partial charge in [0, 0.05) is 19.7 Å². The first kappa shape index (κ1) is 23.5. The normalized spacial score (nSPS) is 12.3. The molecule has 3 N–H and O–H groups in total. The molecule has 158 valence electrons. The lowest BCUT2D eigenvalue weighted by Gasteiger charge is -2.34. The van der Waals surface area contributed by atoms with Gasteiger partial charge < -0.3 is 25.4 Å². The molecule has 0 saturated heterocycles. The van der Waals surface area contributed by atoms with Gasteiger partial charge in [0.05, 0.1) is 24.9 Å². The zero-order valence-corrected chi connectivity index (χ0v) is 18.2. The van der Waals surface area contributed by atoms with Crippen LogP contribution in [0.25, 0.3) is 0 Å². The van der Waals surface area contributed by atoms with Crippen LogP contribution in [-0.2, 0) is 11.3 Å². The minimum Gasteiger partial charge on any atom is -0.481 e. The van der Waals surface area contributed by atoms with Crippen LogP contribution >= 0.6 is 0 Å². The van der Waals surface area contributed by atoms with Gasteiger partial charge in [-0.1, -0.05) is 19.9 Å². The fourth-order valence-corrected chi connectivity index (χ4v) is 2.56. The van der Waals surface area contributed by atoms with Crippen LogP contribution in [0.1, 0.15) is 53.2 Å². The molecule has 0 saturated carbocycles.